The highest BCUT2D eigenvalue weighted by Gasteiger charge is 2.37. The molecule has 1 fully saturated rings. The van der Waals surface area contributed by atoms with Gasteiger partial charge < -0.3 is 19.9 Å². The molecule has 1 aliphatic heterocycles. The van der Waals surface area contributed by atoms with Crippen LogP contribution in [0.4, 0.5) is 5.95 Å². The zero-order valence-electron chi connectivity index (χ0n) is 13.0. The van der Waals surface area contributed by atoms with E-state index in [-0.39, 0.29) is 19.0 Å². The Balaban J connectivity index is 1.52. The molecule has 0 bridgehead atoms. The summed E-state index contributed by atoms with van der Waals surface area (Å²) in [5.74, 6) is 1.24. The summed E-state index contributed by atoms with van der Waals surface area (Å²) in [5.41, 5.74) is -0.959. The molecule has 0 aromatic carbocycles. The normalized spacial score (nSPS) is 20.7. The van der Waals surface area contributed by atoms with Crippen LogP contribution < -0.4 is 10.2 Å². The molecule has 122 valence electrons. The zero-order valence-corrected chi connectivity index (χ0v) is 13.0. The quantitative estimate of drug-likeness (QED) is 0.789. The molecule has 8 heteroatoms. The minimum atomic E-state index is -0.959. The maximum Gasteiger partial charge on any atom is 0.240 e. The number of imidazole rings is 1. The predicted molar refractivity (Wildman–Crippen MR) is 83.8 cm³/mol. The molecule has 1 atom stereocenters. The molecule has 3 rings (SSSR count). The van der Waals surface area contributed by atoms with Crippen molar-refractivity contribution in [1.82, 2.24) is 24.8 Å². The van der Waals surface area contributed by atoms with E-state index in [0.29, 0.717) is 25.5 Å². The Morgan fingerprint density at radius 1 is 1.35 bits per heavy atom. The Kier molecular flexibility index (Phi) is 4.24. The van der Waals surface area contributed by atoms with E-state index in [0.717, 1.165) is 5.82 Å². The number of β-amino-alcohol motifs (C(OH)–C–C–N with tert-alkyl or cyclic N) is 1. The van der Waals surface area contributed by atoms with E-state index in [1.54, 1.807) is 35.4 Å². The van der Waals surface area contributed by atoms with Gasteiger partial charge in [-0.2, -0.15) is 0 Å². The maximum absolute atomic E-state index is 12.0. The van der Waals surface area contributed by atoms with E-state index in [2.05, 4.69) is 20.3 Å². The zero-order chi connectivity index (χ0) is 16.3. The van der Waals surface area contributed by atoms with Crippen LogP contribution in [0.3, 0.4) is 0 Å². The molecule has 0 saturated carbocycles. The highest BCUT2D eigenvalue weighted by atomic mass is 16.3. The van der Waals surface area contributed by atoms with E-state index in [9.17, 15) is 9.90 Å². The van der Waals surface area contributed by atoms with Gasteiger partial charge in [-0.25, -0.2) is 15.0 Å². The summed E-state index contributed by atoms with van der Waals surface area (Å²) in [7, 11) is 0. The fraction of sp³-hybridized carbons (Fsp3) is 0.467. The van der Waals surface area contributed by atoms with Gasteiger partial charge in [-0.1, -0.05) is 0 Å². The molecule has 8 nitrogen and oxygen atoms in total. The highest BCUT2D eigenvalue weighted by molar-refractivity contribution is 5.75. The summed E-state index contributed by atoms with van der Waals surface area (Å²) >= 11 is 0. The van der Waals surface area contributed by atoms with E-state index in [1.165, 1.54) is 0 Å². The van der Waals surface area contributed by atoms with Crippen molar-refractivity contribution in [1.29, 1.82) is 0 Å². The molecule has 23 heavy (non-hydrogen) atoms. The molecule has 2 aromatic rings. The van der Waals surface area contributed by atoms with Gasteiger partial charge in [0, 0.05) is 37.9 Å². The van der Waals surface area contributed by atoms with Gasteiger partial charge in [0.1, 0.15) is 18.0 Å². The molecular formula is C15H20N6O2. The van der Waals surface area contributed by atoms with Crippen molar-refractivity contribution in [3.63, 3.8) is 0 Å². The Morgan fingerprint density at radius 2 is 2.13 bits per heavy atom. The number of hydrogen-bond acceptors (Lipinski definition) is 6. The summed E-state index contributed by atoms with van der Waals surface area (Å²) < 4.78 is 1.76. The van der Waals surface area contributed by atoms with Gasteiger partial charge in [0.2, 0.25) is 11.9 Å². The van der Waals surface area contributed by atoms with Gasteiger partial charge in [-0.15, -0.1) is 0 Å². The summed E-state index contributed by atoms with van der Waals surface area (Å²) in [6.07, 6.45) is 7.33. The number of hydrogen-bond donors (Lipinski definition) is 2. The van der Waals surface area contributed by atoms with E-state index in [1.807, 2.05) is 11.8 Å². The predicted octanol–water partition coefficient (Wildman–Crippen LogP) is -0.261. The van der Waals surface area contributed by atoms with Crippen molar-refractivity contribution in [3.8, 4) is 0 Å². The molecule has 0 spiro atoms. The molecule has 2 aromatic heterocycles. The Bertz CT molecular complexity index is 674. The van der Waals surface area contributed by atoms with Crippen LogP contribution in [0.1, 0.15) is 12.2 Å². The van der Waals surface area contributed by atoms with Crippen LogP contribution in [0.25, 0.3) is 0 Å². The molecule has 0 aliphatic carbocycles. The number of carbonyl (C=O) groups excluding carboxylic acids is 1. The first-order chi connectivity index (χ1) is 11.1. The number of rotatable bonds is 5. The standard InChI is InChI=1S/C15H20N6O2/c1-12-16-6-8-20(12)9-13(22)19-10-15(23)3-7-21(11-15)14-17-4-2-5-18-14/h2,4-6,8,23H,3,7,9-11H2,1H3,(H,19,22)/t15-/m0/s1. The molecule has 1 aliphatic rings. The van der Waals surface area contributed by atoms with Crippen LogP contribution >= 0.6 is 0 Å². The third kappa shape index (κ3) is 3.65. The molecule has 0 unspecified atom stereocenters. The van der Waals surface area contributed by atoms with Crippen molar-refractivity contribution < 1.29 is 9.90 Å². The average Bonchev–Trinajstić information content (AvgIpc) is 3.14. The van der Waals surface area contributed by atoms with Crippen LogP contribution in [0, 0.1) is 6.92 Å². The number of aromatic nitrogens is 4. The van der Waals surface area contributed by atoms with E-state index < -0.39 is 5.60 Å². The van der Waals surface area contributed by atoms with Crippen molar-refractivity contribution in [2.24, 2.45) is 0 Å². The SMILES string of the molecule is Cc1nccn1CC(=O)NC[C@@]1(O)CCN(c2ncccn2)C1. The summed E-state index contributed by atoms with van der Waals surface area (Å²) in [6.45, 7) is 3.32. The van der Waals surface area contributed by atoms with Gasteiger partial charge in [-0.05, 0) is 19.4 Å². The van der Waals surface area contributed by atoms with Gasteiger partial charge in [-0.3, -0.25) is 4.79 Å². The van der Waals surface area contributed by atoms with E-state index in [4.69, 9.17) is 0 Å². The van der Waals surface area contributed by atoms with E-state index >= 15 is 0 Å². The number of nitrogens with one attached hydrogen (secondary N) is 1. The number of anilines is 1. The lowest BCUT2D eigenvalue weighted by Crippen LogP contribution is -2.45. The van der Waals surface area contributed by atoms with Crippen molar-refractivity contribution in [2.75, 3.05) is 24.5 Å². The fourth-order valence-corrected chi connectivity index (χ4v) is 2.67. The highest BCUT2D eigenvalue weighted by Crippen LogP contribution is 2.23. The van der Waals surface area contributed by atoms with Crippen molar-refractivity contribution in [3.05, 3.63) is 36.7 Å². The van der Waals surface area contributed by atoms with Crippen molar-refractivity contribution >= 4 is 11.9 Å². The number of aliphatic hydroxyl groups is 1. The third-order valence-corrected chi connectivity index (χ3v) is 4.02. The lowest BCUT2D eigenvalue weighted by molar-refractivity contribution is -0.122. The van der Waals surface area contributed by atoms with Crippen molar-refractivity contribution in [2.45, 2.75) is 25.5 Å². The second-order valence-electron chi connectivity index (χ2n) is 5.82. The molecule has 1 amide bonds. The largest absolute Gasteiger partial charge is 0.386 e. The van der Waals surface area contributed by atoms with Crippen LogP contribution in [0.2, 0.25) is 0 Å². The number of nitrogens with zero attached hydrogens (tertiary/aromatic N) is 5. The maximum atomic E-state index is 12.0. The molecular weight excluding hydrogens is 296 g/mol. The number of aryl methyl sites for hydroxylation is 1. The first-order valence-electron chi connectivity index (χ1n) is 7.55. The molecule has 0 radical (unpaired) electrons. The van der Waals surface area contributed by atoms with Gasteiger partial charge >= 0.3 is 0 Å². The summed E-state index contributed by atoms with van der Waals surface area (Å²) in [4.78, 5) is 26.4. The minimum Gasteiger partial charge on any atom is -0.386 e. The first-order valence-corrected chi connectivity index (χ1v) is 7.55. The van der Waals surface area contributed by atoms with Crippen LogP contribution in [0.5, 0.6) is 0 Å². The van der Waals surface area contributed by atoms with Gasteiger partial charge in [0.05, 0.1) is 6.54 Å². The lowest BCUT2D eigenvalue weighted by Gasteiger charge is -2.23. The van der Waals surface area contributed by atoms with Crippen LogP contribution in [0.15, 0.2) is 30.9 Å². The molecule has 3 heterocycles. The number of amides is 1. The smallest absolute Gasteiger partial charge is 0.240 e. The number of carbonyl (C=O) groups is 1. The topological polar surface area (TPSA) is 96.2 Å². The first kappa shape index (κ1) is 15.4. The van der Waals surface area contributed by atoms with Crippen LogP contribution in [-0.4, -0.2) is 55.8 Å². The minimum absolute atomic E-state index is 0.145. The summed E-state index contributed by atoms with van der Waals surface area (Å²) in [6, 6.07) is 1.75. The Morgan fingerprint density at radius 3 is 2.83 bits per heavy atom. The monoisotopic (exact) mass is 316 g/mol. The Hall–Kier alpha value is -2.48. The third-order valence-electron chi connectivity index (χ3n) is 4.02. The Labute approximate surface area is 134 Å². The molecule has 2 N–H and O–H groups in total. The van der Waals surface area contributed by atoms with Gasteiger partial charge in [0.15, 0.2) is 0 Å². The molecule has 1 saturated heterocycles. The summed E-state index contributed by atoms with van der Waals surface area (Å²) in [5, 5.41) is 13.4. The second kappa shape index (κ2) is 6.33. The fourth-order valence-electron chi connectivity index (χ4n) is 2.67. The lowest BCUT2D eigenvalue weighted by atomic mass is 10.0. The van der Waals surface area contributed by atoms with Crippen LogP contribution in [-0.2, 0) is 11.3 Å². The average molecular weight is 316 g/mol. The second-order valence-corrected chi connectivity index (χ2v) is 5.82. The van der Waals surface area contributed by atoms with Gasteiger partial charge in [0.25, 0.3) is 0 Å².